The molecule has 0 atom stereocenters. The Morgan fingerprint density at radius 3 is 0.800 bits per heavy atom. The Morgan fingerprint density at radius 2 is 0.800 bits per heavy atom. The molecule has 1 heteroatoms. The molecular weight excluding hydrogens is 242 g/mol. The maximum atomic E-state index is 2.68. The molecule has 1 nitrogen and oxygen atoms in total. The Balaban J connectivity index is -0.0000000499. The van der Waals surface area contributed by atoms with Gasteiger partial charge in [-0.3, -0.25) is 0 Å². The van der Waals surface area contributed by atoms with Gasteiger partial charge in [0.15, 0.2) is 0 Å². The monoisotopic (exact) mass is 285 g/mol. The van der Waals surface area contributed by atoms with Crippen molar-refractivity contribution in [2.24, 2.45) is 5.41 Å². The molecule has 0 rings (SSSR count). The summed E-state index contributed by atoms with van der Waals surface area (Å²) >= 11 is 0. The van der Waals surface area contributed by atoms with Crippen LogP contribution in [0.3, 0.4) is 0 Å². The second-order valence-electron chi connectivity index (χ2n) is 6.84. The van der Waals surface area contributed by atoms with Gasteiger partial charge >= 0.3 is 0 Å². The van der Waals surface area contributed by atoms with E-state index in [2.05, 4.69) is 67.2 Å². The van der Waals surface area contributed by atoms with E-state index >= 15 is 0 Å². The zero-order valence-electron chi connectivity index (χ0n) is 15.9. The van der Waals surface area contributed by atoms with E-state index in [-0.39, 0.29) is 7.43 Å². The third-order valence-corrected chi connectivity index (χ3v) is 1.25. The molecule has 0 saturated heterocycles. The van der Waals surface area contributed by atoms with E-state index in [4.69, 9.17) is 0 Å². The standard InChI is InChI=1S/C6H12.C5H12.C4H6.C3H9N.CH4/c1-5(2)6(3)4;1-5(2,3)4;1-3-4-2;1-4(2)3;/h1-4H3;1-4H3;1-2H3;1-3H3;1H4. The van der Waals surface area contributed by atoms with Gasteiger partial charge in [-0.15, -0.1) is 11.8 Å². The van der Waals surface area contributed by atoms with Gasteiger partial charge in [0, 0.05) is 0 Å². The van der Waals surface area contributed by atoms with Crippen molar-refractivity contribution in [1.29, 1.82) is 0 Å². The van der Waals surface area contributed by atoms with Crippen molar-refractivity contribution in [2.75, 3.05) is 21.1 Å². The van der Waals surface area contributed by atoms with E-state index < -0.39 is 0 Å². The molecule has 0 N–H and O–H groups in total. The first-order valence-electron chi connectivity index (χ1n) is 6.84. The molecule has 0 spiro atoms. The average Bonchev–Trinajstić information content (AvgIpc) is 2.14. The normalized spacial score (nSPS) is 7.90. The van der Waals surface area contributed by atoms with Gasteiger partial charge in [-0.05, 0) is 68.1 Å². The lowest BCUT2D eigenvalue weighted by Crippen LogP contribution is -1.99. The molecule has 0 aliphatic rings. The zero-order valence-corrected chi connectivity index (χ0v) is 15.9. The number of allylic oxidation sites excluding steroid dienone is 2. The van der Waals surface area contributed by atoms with Crippen LogP contribution in [-0.2, 0) is 0 Å². The van der Waals surface area contributed by atoms with Gasteiger partial charge in [0.1, 0.15) is 0 Å². The quantitative estimate of drug-likeness (QED) is 0.375. The molecule has 0 saturated carbocycles. The molecule has 0 fully saturated rings. The van der Waals surface area contributed by atoms with Gasteiger partial charge in [0.2, 0.25) is 0 Å². The molecule has 124 valence electrons. The molecule has 0 unspecified atom stereocenters. The van der Waals surface area contributed by atoms with E-state index in [1.54, 1.807) is 0 Å². The Kier molecular flexibility index (Phi) is 32.5. The van der Waals surface area contributed by atoms with E-state index in [0.29, 0.717) is 5.41 Å². The second-order valence-corrected chi connectivity index (χ2v) is 6.84. The third-order valence-electron chi connectivity index (χ3n) is 1.25. The molecule has 0 radical (unpaired) electrons. The van der Waals surface area contributed by atoms with Gasteiger partial charge < -0.3 is 4.90 Å². The Labute approximate surface area is 131 Å². The maximum Gasteiger partial charge on any atom is -0.00271 e. The average molecular weight is 286 g/mol. The third kappa shape index (κ3) is 251. The molecule has 0 bridgehead atoms. The van der Waals surface area contributed by atoms with Crippen LogP contribution in [0.15, 0.2) is 11.1 Å². The molecule has 0 heterocycles. The highest BCUT2D eigenvalue weighted by Gasteiger charge is 1.95. The fourth-order valence-corrected chi connectivity index (χ4v) is 0. The minimum Gasteiger partial charge on any atom is -0.312 e. The van der Waals surface area contributed by atoms with E-state index in [1.165, 1.54) is 11.1 Å². The van der Waals surface area contributed by atoms with Gasteiger partial charge in [0.05, 0.1) is 0 Å². The van der Waals surface area contributed by atoms with Crippen molar-refractivity contribution >= 4 is 0 Å². The lowest BCUT2D eigenvalue weighted by atomic mass is 10.0. The summed E-state index contributed by atoms with van der Waals surface area (Å²) in [6.07, 6.45) is 0. The predicted molar refractivity (Wildman–Crippen MR) is 100 cm³/mol. The van der Waals surface area contributed by atoms with Crippen molar-refractivity contribution in [3.63, 3.8) is 0 Å². The first-order chi connectivity index (χ1) is 8.29. The minimum absolute atomic E-state index is 0. The van der Waals surface area contributed by atoms with Crippen LogP contribution in [0.25, 0.3) is 0 Å². The van der Waals surface area contributed by atoms with E-state index in [9.17, 15) is 0 Å². The van der Waals surface area contributed by atoms with E-state index in [1.807, 2.05) is 39.9 Å². The maximum absolute atomic E-state index is 2.68. The first-order valence-corrected chi connectivity index (χ1v) is 6.84. The van der Waals surface area contributed by atoms with Crippen LogP contribution in [0.2, 0.25) is 0 Å². The Bertz CT molecular complexity index is 221. The molecule has 0 aliphatic carbocycles. The summed E-state index contributed by atoms with van der Waals surface area (Å²) in [7, 11) is 6.00. The topological polar surface area (TPSA) is 3.24 Å². The van der Waals surface area contributed by atoms with Crippen molar-refractivity contribution in [1.82, 2.24) is 4.90 Å². The summed E-state index contributed by atoms with van der Waals surface area (Å²) in [6, 6.07) is 0. The van der Waals surface area contributed by atoms with Crippen LogP contribution < -0.4 is 0 Å². The van der Waals surface area contributed by atoms with Gasteiger partial charge in [-0.1, -0.05) is 46.3 Å². The number of hydrogen-bond donors (Lipinski definition) is 0. The zero-order chi connectivity index (χ0) is 16.6. The highest BCUT2D eigenvalue weighted by Crippen LogP contribution is 2.08. The van der Waals surface area contributed by atoms with Crippen LogP contribution >= 0.6 is 0 Å². The fourth-order valence-electron chi connectivity index (χ4n) is 0. The number of rotatable bonds is 0. The summed E-state index contributed by atoms with van der Waals surface area (Å²) < 4.78 is 0. The Hall–Kier alpha value is -0.740. The van der Waals surface area contributed by atoms with Crippen LogP contribution in [0.1, 0.15) is 76.7 Å². The summed E-state index contributed by atoms with van der Waals surface area (Å²) in [5, 5.41) is 0. The summed E-state index contributed by atoms with van der Waals surface area (Å²) in [5.41, 5.74) is 3.35. The number of hydrogen-bond acceptors (Lipinski definition) is 1. The van der Waals surface area contributed by atoms with E-state index in [0.717, 1.165) is 0 Å². The van der Waals surface area contributed by atoms with Crippen LogP contribution in [0.4, 0.5) is 0 Å². The van der Waals surface area contributed by atoms with Crippen LogP contribution in [0.5, 0.6) is 0 Å². The lowest BCUT2D eigenvalue weighted by Gasteiger charge is -2.05. The largest absolute Gasteiger partial charge is 0.312 e. The van der Waals surface area contributed by atoms with Crippen molar-refractivity contribution in [2.45, 2.75) is 76.7 Å². The molecular formula is C19H43N. The van der Waals surface area contributed by atoms with Crippen molar-refractivity contribution < 1.29 is 0 Å². The van der Waals surface area contributed by atoms with Crippen molar-refractivity contribution in [3.05, 3.63) is 11.1 Å². The summed E-state index contributed by atoms with van der Waals surface area (Å²) in [4.78, 5) is 2.00. The van der Waals surface area contributed by atoms with Gasteiger partial charge in [-0.2, -0.15) is 0 Å². The summed E-state index contributed by atoms with van der Waals surface area (Å²) in [5.74, 6) is 5.36. The molecule has 0 amide bonds. The summed E-state index contributed by atoms with van der Waals surface area (Å²) in [6.45, 7) is 20.9. The molecule has 0 aliphatic heterocycles. The first kappa shape index (κ1) is 31.6. The highest BCUT2D eigenvalue weighted by atomic mass is 15.0. The SMILES string of the molecule is C.CC#CC.CC(C)(C)C.CC(C)=C(C)C.CN(C)C. The van der Waals surface area contributed by atoms with Gasteiger partial charge in [-0.25, -0.2) is 0 Å². The molecule has 0 aromatic rings. The van der Waals surface area contributed by atoms with Crippen LogP contribution in [-0.4, -0.2) is 26.0 Å². The lowest BCUT2D eigenvalue weighted by molar-refractivity contribution is 0.469. The van der Waals surface area contributed by atoms with Gasteiger partial charge in [0.25, 0.3) is 0 Å². The fraction of sp³-hybridized carbons (Fsp3) is 0.789. The second kappa shape index (κ2) is 20.6. The molecule has 0 aromatic heterocycles. The van der Waals surface area contributed by atoms with Crippen molar-refractivity contribution in [3.8, 4) is 11.8 Å². The number of nitrogens with zero attached hydrogens (tertiary/aromatic N) is 1. The predicted octanol–water partition coefficient (Wildman–Crippen LogP) is 6.26. The Morgan fingerprint density at radius 1 is 0.700 bits per heavy atom. The minimum atomic E-state index is 0. The molecule has 0 aromatic carbocycles. The van der Waals surface area contributed by atoms with Crippen LogP contribution in [0, 0.1) is 17.3 Å². The highest BCUT2D eigenvalue weighted by molar-refractivity contribution is 5.02. The smallest absolute Gasteiger partial charge is 0.00271 e. The molecule has 20 heavy (non-hydrogen) atoms.